The number of para-hydroxylation sites is 1. The average Bonchev–Trinajstić information content (AvgIpc) is 2.99. The normalized spacial score (nSPS) is 15.0. The van der Waals surface area contributed by atoms with Gasteiger partial charge in [0.15, 0.2) is 0 Å². The minimum absolute atomic E-state index is 0.218. The number of carbonyl (C=O) groups excluding carboxylic acids is 2. The number of H-pyrrole nitrogens is 1. The van der Waals surface area contributed by atoms with Gasteiger partial charge in [-0.15, -0.1) is 0 Å². The fourth-order valence-electron chi connectivity index (χ4n) is 3.23. The van der Waals surface area contributed by atoms with Crippen molar-refractivity contribution in [3.05, 3.63) is 54.2 Å². The van der Waals surface area contributed by atoms with Crippen molar-refractivity contribution in [1.82, 2.24) is 10.3 Å². The number of urea groups is 1. The molecule has 1 aromatic heterocycles. The third-order valence-corrected chi connectivity index (χ3v) is 4.44. The van der Waals surface area contributed by atoms with Crippen LogP contribution in [0.15, 0.2) is 48.7 Å². The molecular formula is C19H17N3O2. The van der Waals surface area contributed by atoms with Gasteiger partial charge in [-0.2, -0.15) is 0 Å². The maximum atomic E-state index is 12.0. The van der Waals surface area contributed by atoms with Crippen molar-refractivity contribution in [3.63, 3.8) is 0 Å². The van der Waals surface area contributed by atoms with Crippen molar-refractivity contribution in [2.24, 2.45) is 0 Å². The Morgan fingerprint density at radius 2 is 1.92 bits per heavy atom. The van der Waals surface area contributed by atoms with Gasteiger partial charge in [-0.05, 0) is 36.2 Å². The first-order valence-corrected chi connectivity index (χ1v) is 7.92. The minimum atomic E-state index is -0.353. The molecule has 0 aliphatic carbocycles. The monoisotopic (exact) mass is 319 g/mol. The Kier molecular flexibility index (Phi) is 3.34. The van der Waals surface area contributed by atoms with Crippen LogP contribution in [0.5, 0.6) is 0 Å². The molecular weight excluding hydrogens is 302 g/mol. The lowest BCUT2D eigenvalue weighted by atomic mass is 10.0. The summed E-state index contributed by atoms with van der Waals surface area (Å²) in [5, 5.41) is 3.54. The topological polar surface area (TPSA) is 65.2 Å². The van der Waals surface area contributed by atoms with Gasteiger partial charge in [0.2, 0.25) is 5.91 Å². The fraction of sp³-hybridized carbons (Fsp3) is 0.158. The number of aryl methyl sites for hydroxylation is 1. The third-order valence-electron chi connectivity index (χ3n) is 4.44. The van der Waals surface area contributed by atoms with Gasteiger partial charge >= 0.3 is 6.03 Å². The SMILES string of the molecule is Cc1cc(-c2c[nH]c3ccccc23)ccc1N1CCC(=O)NC1=O. The predicted molar refractivity (Wildman–Crippen MR) is 94.0 cm³/mol. The number of nitrogens with one attached hydrogen (secondary N) is 2. The van der Waals surface area contributed by atoms with E-state index in [-0.39, 0.29) is 11.9 Å². The molecule has 3 amide bonds. The van der Waals surface area contributed by atoms with Gasteiger partial charge in [0, 0.05) is 41.3 Å². The fourth-order valence-corrected chi connectivity index (χ4v) is 3.23. The molecule has 0 radical (unpaired) electrons. The Morgan fingerprint density at radius 3 is 2.71 bits per heavy atom. The summed E-state index contributed by atoms with van der Waals surface area (Å²) in [6.07, 6.45) is 2.33. The Balaban J connectivity index is 1.72. The molecule has 1 aliphatic heterocycles. The van der Waals surface area contributed by atoms with Gasteiger partial charge in [0.05, 0.1) is 0 Å². The van der Waals surface area contributed by atoms with Crippen molar-refractivity contribution < 1.29 is 9.59 Å². The number of carbonyl (C=O) groups is 2. The first-order valence-electron chi connectivity index (χ1n) is 7.92. The number of aromatic amines is 1. The number of nitrogens with zero attached hydrogens (tertiary/aromatic N) is 1. The zero-order chi connectivity index (χ0) is 16.7. The molecule has 1 fully saturated rings. The Morgan fingerprint density at radius 1 is 1.08 bits per heavy atom. The van der Waals surface area contributed by atoms with Crippen molar-refractivity contribution in [2.75, 3.05) is 11.4 Å². The molecule has 3 aromatic rings. The van der Waals surface area contributed by atoms with Crippen LogP contribution in [0, 0.1) is 6.92 Å². The van der Waals surface area contributed by atoms with E-state index in [1.165, 1.54) is 5.39 Å². The molecule has 2 heterocycles. The van der Waals surface area contributed by atoms with E-state index < -0.39 is 0 Å². The van der Waals surface area contributed by atoms with Gasteiger partial charge in [0.25, 0.3) is 0 Å². The van der Waals surface area contributed by atoms with Crippen LogP contribution in [0.3, 0.4) is 0 Å². The maximum absolute atomic E-state index is 12.0. The first-order chi connectivity index (χ1) is 11.6. The second-order valence-electron chi connectivity index (χ2n) is 6.00. The molecule has 4 rings (SSSR count). The number of hydrogen-bond donors (Lipinski definition) is 2. The molecule has 120 valence electrons. The number of benzene rings is 2. The molecule has 1 aliphatic rings. The Hall–Kier alpha value is -3.08. The molecule has 1 saturated heterocycles. The molecule has 0 saturated carbocycles. The van der Waals surface area contributed by atoms with Crippen LogP contribution < -0.4 is 10.2 Å². The number of fused-ring (bicyclic) bond motifs is 1. The molecule has 2 N–H and O–H groups in total. The standard InChI is InChI=1S/C19H17N3O2/c1-12-10-13(15-11-20-16-5-3-2-4-14(15)16)6-7-17(12)22-9-8-18(23)21-19(22)24/h2-7,10-11,20H,8-9H2,1H3,(H,21,23,24). The quantitative estimate of drug-likeness (QED) is 0.758. The second-order valence-corrected chi connectivity index (χ2v) is 6.00. The van der Waals surface area contributed by atoms with Crippen LogP contribution in [0.4, 0.5) is 10.5 Å². The van der Waals surface area contributed by atoms with Gasteiger partial charge in [-0.3, -0.25) is 15.0 Å². The van der Waals surface area contributed by atoms with Crippen molar-refractivity contribution in [1.29, 1.82) is 0 Å². The smallest absolute Gasteiger partial charge is 0.328 e. The summed E-state index contributed by atoms with van der Waals surface area (Å²) in [7, 11) is 0. The molecule has 0 atom stereocenters. The van der Waals surface area contributed by atoms with Crippen LogP contribution in [0.25, 0.3) is 22.0 Å². The highest BCUT2D eigenvalue weighted by Gasteiger charge is 2.25. The summed E-state index contributed by atoms with van der Waals surface area (Å²) >= 11 is 0. The van der Waals surface area contributed by atoms with Crippen molar-refractivity contribution in [3.8, 4) is 11.1 Å². The van der Waals surface area contributed by atoms with Gasteiger partial charge in [-0.1, -0.05) is 24.3 Å². The predicted octanol–water partition coefficient (Wildman–Crippen LogP) is 3.59. The lowest BCUT2D eigenvalue weighted by Gasteiger charge is -2.28. The largest absolute Gasteiger partial charge is 0.361 e. The highest BCUT2D eigenvalue weighted by Crippen LogP contribution is 2.32. The molecule has 0 unspecified atom stereocenters. The summed E-state index contributed by atoms with van der Waals surface area (Å²) in [4.78, 5) is 28.2. The molecule has 5 nitrogen and oxygen atoms in total. The van der Waals surface area contributed by atoms with Crippen LogP contribution in [0.1, 0.15) is 12.0 Å². The van der Waals surface area contributed by atoms with Gasteiger partial charge in [-0.25, -0.2) is 4.79 Å². The molecule has 2 aromatic carbocycles. The molecule has 0 spiro atoms. The minimum Gasteiger partial charge on any atom is -0.361 e. The Labute approximate surface area is 139 Å². The number of anilines is 1. The van der Waals surface area contributed by atoms with Gasteiger partial charge < -0.3 is 4.98 Å². The maximum Gasteiger partial charge on any atom is 0.328 e. The van der Waals surface area contributed by atoms with Crippen molar-refractivity contribution in [2.45, 2.75) is 13.3 Å². The first kappa shape index (κ1) is 14.5. The molecule has 24 heavy (non-hydrogen) atoms. The van der Waals surface area contributed by atoms with Crippen molar-refractivity contribution >= 4 is 28.5 Å². The number of amides is 3. The molecule has 5 heteroatoms. The number of aromatic nitrogens is 1. The van der Waals surface area contributed by atoms with E-state index in [4.69, 9.17) is 0 Å². The summed E-state index contributed by atoms with van der Waals surface area (Å²) in [6.45, 7) is 2.40. The lowest BCUT2D eigenvalue weighted by molar-refractivity contribution is -0.120. The summed E-state index contributed by atoms with van der Waals surface area (Å²) in [5.41, 5.74) is 5.18. The van der Waals surface area contributed by atoms with E-state index in [9.17, 15) is 9.59 Å². The van der Waals surface area contributed by atoms with E-state index >= 15 is 0 Å². The number of rotatable bonds is 2. The van der Waals surface area contributed by atoms with Crippen LogP contribution >= 0.6 is 0 Å². The third kappa shape index (κ3) is 2.34. The van der Waals surface area contributed by atoms with E-state index in [2.05, 4.69) is 28.5 Å². The second kappa shape index (κ2) is 5.53. The van der Waals surface area contributed by atoms with Crippen LogP contribution in [0.2, 0.25) is 0 Å². The van der Waals surface area contributed by atoms with Crippen LogP contribution in [-0.4, -0.2) is 23.5 Å². The van der Waals surface area contributed by atoms with Gasteiger partial charge in [0.1, 0.15) is 0 Å². The average molecular weight is 319 g/mol. The van der Waals surface area contributed by atoms with E-state index in [0.717, 1.165) is 27.9 Å². The Bertz CT molecular complexity index is 958. The highest BCUT2D eigenvalue weighted by atomic mass is 16.2. The molecule has 0 bridgehead atoms. The summed E-state index contributed by atoms with van der Waals surface area (Å²) < 4.78 is 0. The lowest BCUT2D eigenvalue weighted by Crippen LogP contribution is -2.49. The number of imide groups is 1. The highest BCUT2D eigenvalue weighted by molar-refractivity contribution is 6.06. The number of hydrogen-bond acceptors (Lipinski definition) is 2. The summed E-state index contributed by atoms with van der Waals surface area (Å²) in [5.74, 6) is -0.218. The van der Waals surface area contributed by atoms with E-state index in [1.54, 1.807) is 4.90 Å². The zero-order valence-electron chi connectivity index (χ0n) is 13.3. The van der Waals surface area contributed by atoms with E-state index in [0.29, 0.717) is 13.0 Å². The zero-order valence-corrected chi connectivity index (χ0v) is 13.3. The van der Waals surface area contributed by atoms with E-state index in [1.807, 2.05) is 37.4 Å². The van der Waals surface area contributed by atoms with Crippen LogP contribution in [-0.2, 0) is 4.79 Å². The summed E-state index contributed by atoms with van der Waals surface area (Å²) in [6, 6.07) is 13.9.